The fourth-order valence-corrected chi connectivity index (χ4v) is 4.77. The molecule has 1 aromatic heterocycles. The highest BCUT2D eigenvalue weighted by atomic mass is 16.2. The van der Waals surface area contributed by atoms with Gasteiger partial charge in [-0.3, -0.25) is 14.3 Å². The minimum atomic E-state index is -0.684. The van der Waals surface area contributed by atoms with E-state index in [9.17, 15) is 9.59 Å². The van der Waals surface area contributed by atoms with Gasteiger partial charge in [0.05, 0.1) is 12.1 Å². The summed E-state index contributed by atoms with van der Waals surface area (Å²) in [5.74, 6) is 0.115. The molecule has 0 aliphatic carbocycles. The van der Waals surface area contributed by atoms with Gasteiger partial charge in [0.1, 0.15) is 5.54 Å². The van der Waals surface area contributed by atoms with E-state index < -0.39 is 5.54 Å². The monoisotopic (exact) mass is 380 g/mol. The van der Waals surface area contributed by atoms with Gasteiger partial charge in [-0.25, -0.2) is 0 Å². The molecular weight excluding hydrogens is 352 g/mol. The quantitative estimate of drug-likeness (QED) is 0.823. The molecule has 2 aromatic rings. The molecule has 2 fully saturated rings. The molecule has 3 heterocycles. The number of carbonyl (C=O) groups is 2. The van der Waals surface area contributed by atoms with E-state index in [-0.39, 0.29) is 11.8 Å². The van der Waals surface area contributed by atoms with Crippen molar-refractivity contribution in [1.82, 2.24) is 14.7 Å². The van der Waals surface area contributed by atoms with E-state index >= 15 is 0 Å². The Labute approximate surface area is 166 Å². The molecule has 1 atom stereocenters. The summed E-state index contributed by atoms with van der Waals surface area (Å²) in [7, 11) is 1.86. The van der Waals surface area contributed by atoms with Crippen molar-refractivity contribution >= 4 is 17.5 Å². The van der Waals surface area contributed by atoms with E-state index in [2.05, 4.69) is 5.10 Å². The predicted octanol–water partition coefficient (Wildman–Crippen LogP) is 2.77. The zero-order valence-corrected chi connectivity index (χ0v) is 16.9. The third-order valence-electron chi connectivity index (χ3n) is 6.21. The lowest BCUT2D eigenvalue weighted by molar-refractivity contribution is -0.144. The Morgan fingerprint density at radius 2 is 1.79 bits per heavy atom. The number of aromatic nitrogens is 2. The van der Waals surface area contributed by atoms with Crippen LogP contribution in [0.25, 0.3) is 0 Å². The van der Waals surface area contributed by atoms with Gasteiger partial charge in [0.25, 0.3) is 5.91 Å². The first-order valence-corrected chi connectivity index (χ1v) is 10.1. The van der Waals surface area contributed by atoms with E-state index in [1.165, 1.54) is 5.56 Å². The summed E-state index contributed by atoms with van der Waals surface area (Å²) in [6.45, 7) is 5.34. The third kappa shape index (κ3) is 3.11. The van der Waals surface area contributed by atoms with E-state index in [4.69, 9.17) is 0 Å². The van der Waals surface area contributed by atoms with Crippen LogP contribution in [0.15, 0.2) is 30.5 Å². The van der Waals surface area contributed by atoms with Gasteiger partial charge in [-0.2, -0.15) is 5.10 Å². The smallest absolute Gasteiger partial charge is 0.252 e. The molecule has 6 heteroatoms. The average molecular weight is 380 g/mol. The van der Waals surface area contributed by atoms with Crippen LogP contribution < -0.4 is 4.90 Å². The zero-order valence-electron chi connectivity index (χ0n) is 16.9. The predicted molar refractivity (Wildman–Crippen MR) is 108 cm³/mol. The number of hydrogen-bond acceptors (Lipinski definition) is 3. The Hall–Kier alpha value is -2.63. The van der Waals surface area contributed by atoms with Crippen LogP contribution in [-0.2, 0) is 23.1 Å². The van der Waals surface area contributed by atoms with Crippen LogP contribution in [0, 0.1) is 13.8 Å². The number of carbonyl (C=O) groups excluding carboxylic acids is 2. The van der Waals surface area contributed by atoms with Gasteiger partial charge < -0.3 is 9.80 Å². The number of rotatable bonds is 3. The molecule has 4 rings (SSSR count). The van der Waals surface area contributed by atoms with Gasteiger partial charge in [-0.1, -0.05) is 17.7 Å². The van der Waals surface area contributed by atoms with E-state index in [0.29, 0.717) is 19.5 Å². The number of nitrogens with zero attached hydrogens (tertiary/aromatic N) is 4. The largest absolute Gasteiger partial charge is 0.328 e. The summed E-state index contributed by atoms with van der Waals surface area (Å²) in [4.78, 5) is 30.5. The molecule has 1 spiro atoms. The molecule has 2 aliphatic heterocycles. The van der Waals surface area contributed by atoms with Crippen LogP contribution >= 0.6 is 0 Å². The van der Waals surface area contributed by atoms with Gasteiger partial charge in [0.2, 0.25) is 5.91 Å². The first-order valence-electron chi connectivity index (χ1n) is 10.1. The fourth-order valence-electron chi connectivity index (χ4n) is 4.77. The minimum absolute atomic E-state index is 0.0349. The Balaban J connectivity index is 1.59. The lowest BCUT2D eigenvalue weighted by Gasteiger charge is -2.44. The minimum Gasteiger partial charge on any atom is -0.328 e. The van der Waals surface area contributed by atoms with E-state index in [1.54, 1.807) is 4.68 Å². The summed E-state index contributed by atoms with van der Waals surface area (Å²) >= 11 is 0. The molecule has 148 valence electrons. The molecule has 2 amide bonds. The maximum atomic E-state index is 13.6. The van der Waals surface area contributed by atoms with Crippen LogP contribution in [0.2, 0.25) is 0 Å². The Morgan fingerprint density at radius 3 is 2.43 bits per heavy atom. The van der Waals surface area contributed by atoms with Crippen molar-refractivity contribution in [3.8, 4) is 0 Å². The molecule has 1 unspecified atom stereocenters. The molecule has 2 saturated heterocycles. The van der Waals surface area contributed by atoms with Crippen molar-refractivity contribution in [3.63, 3.8) is 0 Å². The summed E-state index contributed by atoms with van der Waals surface area (Å²) < 4.78 is 1.74. The van der Waals surface area contributed by atoms with Crippen LogP contribution in [0.1, 0.15) is 42.5 Å². The van der Waals surface area contributed by atoms with Crippen LogP contribution in [0.3, 0.4) is 0 Å². The second kappa shape index (κ2) is 7.08. The average Bonchev–Trinajstić information content (AvgIpc) is 3.22. The highest BCUT2D eigenvalue weighted by Gasteiger charge is 2.52. The maximum Gasteiger partial charge on any atom is 0.252 e. The summed E-state index contributed by atoms with van der Waals surface area (Å²) in [5, 5.41) is 4.34. The SMILES string of the molecule is Cc1ccc(N2CCCC3(CCCN3C(=O)Cc3cn(C)nc3C)C2=O)cc1. The summed E-state index contributed by atoms with van der Waals surface area (Å²) in [5.41, 5.74) is 3.23. The van der Waals surface area contributed by atoms with Gasteiger partial charge in [0, 0.05) is 37.6 Å². The highest BCUT2D eigenvalue weighted by molar-refractivity contribution is 6.03. The van der Waals surface area contributed by atoms with Gasteiger partial charge in [-0.15, -0.1) is 0 Å². The number of amides is 2. The van der Waals surface area contributed by atoms with Crippen LogP contribution in [-0.4, -0.2) is 45.1 Å². The molecule has 1 aromatic carbocycles. The molecule has 28 heavy (non-hydrogen) atoms. The number of piperidine rings is 1. The van der Waals surface area contributed by atoms with Crippen molar-refractivity contribution in [3.05, 3.63) is 47.3 Å². The van der Waals surface area contributed by atoms with Crippen LogP contribution in [0.5, 0.6) is 0 Å². The van der Waals surface area contributed by atoms with Crippen molar-refractivity contribution in [2.75, 3.05) is 18.0 Å². The topological polar surface area (TPSA) is 58.4 Å². The van der Waals surface area contributed by atoms with Crippen molar-refractivity contribution < 1.29 is 9.59 Å². The first-order chi connectivity index (χ1) is 13.4. The van der Waals surface area contributed by atoms with E-state index in [0.717, 1.165) is 42.6 Å². The third-order valence-corrected chi connectivity index (χ3v) is 6.21. The zero-order chi connectivity index (χ0) is 19.9. The lowest BCUT2D eigenvalue weighted by Crippen LogP contribution is -2.61. The van der Waals surface area contributed by atoms with Gasteiger partial charge in [-0.05, 0) is 51.7 Å². The molecule has 0 N–H and O–H groups in total. The molecule has 0 saturated carbocycles. The number of aryl methyl sites for hydroxylation is 3. The molecule has 0 bridgehead atoms. The van der Waals surface area contributed by atoms with Gasteiger partial charge in [0.15, 0.2) is 0 Å². The number of likely N-dealkylation sites (tertiary alicyclic amines) is 1. The van der Waals surface area contributed by atoms with Crippen molar-refractivity contribution in [2.45, 2.75) is 51.5 Å². The molecule has 6 nitrogen and oxygen atoms in total. The highest BCUT2D eigenvalue weighted by Crippen LogP contribution is 2.40. The summed E-state index contributed by atoms with van der Waals surface area (Å²) in [6.07, 6.45) is 5.51. The van der Waals surface area contributed by atoms with Crippen molar-refractivity contribution in [2.24, 2.45) is 7.05 Å². The lowest BCUT2D eigenvalue weighted by atomic mass is 9.84. The summed E-state index contributed by atoms with van der Waals surface area (Å²) in [6, 6.07) is 8.08. The van der Waals surface area contributed by atoms with E-state index in [1.807, 2.05) is 61.2 Å². The molecule has 2 aliphatic rings. The fraction of sp³-hybridized carbons (Fsp3) is 0.500. The number of benzene rings is 1. The molecular formula is C22H28N4O2. The second-order valence-corrected chi connectivity index (χ2v) is 8.17. The Kier molecular flexibility index (Phi) is 4.73. The Bertz CT molecular complexity index is 902. The number of hydrogen-bond donors (Lipinski definition) is 0. The molecule has 0 radical (unpaired) electrons. The van der Waals surface area contributed by atoms with Gasteiger partial charge >= 0.3 is 0 Å². The second-order valence-electron chi connectivity index (χ2n) is 8.17. The number of anilines is 1. The maximum absolute atomic E-state index is 13.6. The normalized spacial score (nSPS) is 22.3. The van der Waals surface area contributed by atoms with Crippen molar-refractivity contribution in [1.29, 1.82) is 0 Å². The standard InChI is InChI=1S/C22H28N4O2/c1-16-6-8-19(9-7-16)25-12-4-10-22(21(25)28)11-5-13-26(22)20(27)14-18-15-24(3)23-17(18)2/h6-9,15H,4-5,10-14H2,1-3H3. The van der Waals surface area contributed by atoms with Crippen LogP contribution in [0.4, 0.5) is 5.69 Å². The Morgan fingerprint density at radius 1 is 1.11 bits per heavy atom. The first kappa shape index (κ1) is 18.7.